The highest BCUT2D eigenvalue weighted by molar-refractivity contribution is 7.80. The summed E-state index contributed by atoms with van der Waals surface area (Å²) in [6.07, 6.45) is 3.09. The van der Waals surface area contributed by atoms with Crippen molar-refractivity contribution in [3.05, 3.63) is 52.1 Å². The van der Waals surface area contributed by atoms with Crippen molar-refractivity contribution in [2.45, 2.75) is 104 Å². The molecule has 0 saturated carbocycles. The summed E-state index contributed by atoms with van der Waals surface area (Å²) in [4.78, 5) is 108. The number of benzene rings is 1. The number of rotatable bonds is 25. The molecule has 5 atom stereocenters. The van der Waals surface area contributed by atoms with E-state index in [2.05, 4.69) is 58.8 Å². The smallest absolute Gasteiger partial charge is 0.280 e. The number of aliphatic imine (C=N–C) groups is 1. The molecular weight excluding hydrogens is 781 g/mol. The largest absolute Gasteiger partial charge is 0.379 e. The molecule has 3 rings (SSSR count). The summed E-state index contributed by atoms with van der Waals surface area (Å²) >= 11 is 4.11. The SMILES string of the molecule is C[C@@H](CCC(=O)C[C@H](C)C(=O)N[C@H](CCCN=C(N)N)C(=O)C[C@H](C)C(=O)N[C@H](C)C(=O)CCCS)NC(=O)c1ccc(NCc2cnc3nc(N)[nH]c(=O)c3n2)cc1. The lowest BCUT2D eigenvalue weighted by Crippen LogP contribution is -2.46. The molecule has 19 nitrogen and oxygen atoms in total. The van der Waals surface area contributed by atoms with Gasteiger partial charge in [-0.2, -0.15) is 17.6 Å². The summed E-state index contributed by atoms with van der Waals surface area (Å²) in [5, 5.41) is 11.4. The molecular formula is C39H56N12O7S. The van der Waals surface area contributed by atoms with Crippen molar-refractivity contribution < 1.29 is 28.8 Å². The summed E-state index contributed by atoms with van der Waals surface area (Å²) in [5.74, 6) is -3.13. The number of anilines is 2. The molecule has 0 unspecified atom stereocenters. The molecule has 2 heterocycles. The number of nitrogens with one attached hydrogen (secondary N) is 5. The molecule has 3 aromatic rings. The van der Waals surface area contributed by atoms with E-state index in [4.69, 9.17) is 17.2 Å². The first-order valence-electron chi connectivity index (χ1n) is 19.5. The molecule has 1 aromatic carbocycles. The van der Waals surface area contributed by atoms with Crippen LogP contribution in [0.15, 0.2) is 40.2 Å². The lowest BCUT2D eigenvalue weighted by Gasteiger charge is -2.22. The average Bonchev–Trinajstić information content (AvgIpc) is 3.19. The Bertz CT molecular complexity index is 2040. The number of ketones is 3. The Morgan fingerprint density at radius 1 is 0.847 bits per heavy atom. The Morgan fingerprint density at radius 3 is 2.20 bits per heavy atom. The topological polar surface area (TPSA) is 312 Å². The summed E-state index contributed by atoms with van der Waals surface area (Å²) in [6.45, 7) is 7.00. The minimum absolute atomic E-state index is 0.0489. The molecule has 0 radical (unpaired) electrons. The number of H-pyrrole nitrogens is 1. The molecule has 3 amide bonds. The van der Waals surface area contributed by atoms with E-state index in [9.17, 15) is 33.6 Å². The van der Waals surface area contributed by atoms with Crippen LogP contribution < -0.4 is 44.0 Å². The maximum atomic E-state index is 13.4. The van der Waals surface area contributed by atoms with E-state index in [-0.39, 0.29) is 97.6 Å². The molecule has 0 fully saturated rings. The minimum atomic E-state index is -0.955. The molecule has 0 aliphatic carbocycles. The molecule has 59 heavy (non-hydrogen) atoms. The van der Waals surface area contributed by atoms with Gasteiger partial charge in [-0.15, -0.1) is 0 Å². The van der Waals surface area contributed by atoms with Gasteiger partial charge in [0.15, 0.2) is 28.7 Å². The molecule has 20 heteroatoms. The van der Waals surface area contributed by atoms with Crippen molar-refractivity contribution in [3.63, 3.8) is 0 Å². The van der Waals surface area contributed by atoms with Gasteiger partial charge in [-0.1, -0.05) is 13.8 Å². The third-order valence-corrected chi connectivity index (χ3v) is 9.67. The quantitative estimate of drug-likeness (QED) is 0.0252. The number of guanidine groups is 1. The minimum Gasteiger partial charge on any atom is -0.379 e. The third kappa shape index (κ3) is 16.1. The number of carbonyl (C=O) groups is 6. The lowest BCUT2D eigenvalue weighted by atomic mass is 9.94. The maximum absolute atomic E-state index is 13.4. The van der Waals surface area contributed by atoms with Gasteiger partial charge in [0.25, 0.3) is 11.5 Å². The first kappa shape index (κ1) is 47.5. The number of hydrogen-bond donors (Lipinski definition) is 9. The van der Waals surface area contributed by atoms with Crippen molar-refractivity contribution in [1.29, 1.82) is 0 Å². The Hall–Kier alpha value is -5.92. The normalized spacial score (nSPS) is 13.6. The predicted octanol–water partition coefficient (Wildman–Crippen LogP) is 1.32. The zero-order valence-corrected chi connectivity index (χ0v) is 34.8. The van der Waals surface area contributed by atoms with Crippen LogP contribution >= 0.6 is 12.6 Å². The molecule has 0 bridgehead atoms. The van der Waals surface area contributed by atoms with Gasteiger partial charge in [-0.3, -0.25) is 43.5 Å². The van der Waals surface area contributed by atoms with E-state index in [0.29, 0.717) is 42.0 Å². The zero-order valence-electron chi connectivity index (χ0n) is 33.9. The second-order valence-corrected chi connectivity index (χ2v) is 15.0. The molecule has 0 saturated heterocycles. The van der Waals surface area contributed by atoms with E-state index < -0.39 is 41.3 Å². The first-order chi connectivity index (χ1) is 28.0. The number of nitrogens with zero attached hydrogens (tertiary/aromatic N) is 4. The number of nitrogens with two attached hydrogens (primary N) is 3. The lowest BCUT2D eigenvalue weighted by molar-refractivity contribution is -0.134. The summed E-state index contributed by atoms with van der Waals surface area (Å²) in [5.41, 5.74) is 17.7. The number of thiol groups is 1. The van der Waals surface area contributed by atoms with Crippen molar-refractivity contribution in [1.82, 2.24) is 35.9 Å². The van der Waals surface area contributed by atoms with Gasteiger partial charge in [0.1, 0.15) is 5.78 Å². The Balaban J connectivity index is 1.46. The van der Waals surface area contributed by atoms with Crippen molar-refractivity contribution in [2.75, 3.05) is 23.3 Å². The molecule has 0 spiro atoms. The molecule has 0 aliphatic rings. The first-order valence-corrected chi connectivity index (χ1v) is 20.1. The van der Waals surface area contributed by atoms with Gasteiger partial charge in [0, 0.05) is 61.4 Å². The summed E-state index contributed by atoms with van der Waals surface area (Å²) < 4.78 is 0. The van der Waals surface area contributed by atoms with Gasteiger partial charge in [-0.05, 0) is 69.5 Å². The third-order valence-electron chi connectivity index (χ3n) is 9.35. The number of amides is 3. The molecule has 11 N–H and O–H groups in total. The second kappa shape index (κ2) is 23.5. The number of fused-ring (bicyclic) bond motifs is 1. The van der Waals surface area contributed by atoms with Crippen LogP contribution in [-0.2, 0) is 30.5 Å². The van der Waals surface area contributed by atoms with Crippen molar-refractivity contribution in [2.24, 2.45) is 28.3 Å². The number of carbonyl (C=O) groups excluding carboxylic acids is 6. The second-order valence-electron chi connectivity index (χ2n) is 14.6. The van der Waals surface area contributed by atoms with E-state index >= 15 is 0 Å². The molecule has 320 valence electrons. The van der Waals surface area contributed by atoms with Gasteiger partial charge in [0.2, 0.25) is 17.8 Å². The Morgan fingerprint density at radius 2 is 1.53 bits per heavy atom. The Kier molecular flexibility index (Phi) is 18.9. The van der Waals surface area contributed by atoms with E-state index in [1.807, 2.05) is 0 Å². The number of aromatic nitrogens is 4. The highest BCUT2D eigenvalue weighted by Crippen LogP contribution is 2.15. The van der Waals surface area contributed by atoms with Crippen LogP contribution in [0.4, 0.5) is 11.6 Å². The van der Waals surface area contributed by atoms with E-state index in [1.54, 1.807) is 52.0 Å². The van der Waals surface area contributed by atoms with E-state index in [0.717, 1.165) is 0 Å². The standard InChI is InChI=1S/C39H56N12O7S/c1-21(35(56)49-29(7-5-15-43-38(40)41)31(54)18-22(2)34(55)47-24(4)30(53)8-6-16-59)17-28(52)14-9-23(3)46-36(57)25-10-12-26(13-11-25)44-19-27-20-45-33-32(48-27)37(58)51-39(42)50-33/h10-13,20-24,29,44,59H,5-9,14-19H2,1-4H3,(H,46,57)(H,47,55)(H,49,56)(H4,40,41,43)(H3,42,45,50,51,58)/t21-,22-,23-,24+,29+/m0/s1. The summed E-state index contributed by atoms with van der Waals surface area (Å²) in [7, 11) is 0. The number of hydrogen-bond acceptors (Lipinski definition) is 14. The van der Waals surface area contributed by atoms with Gasteiger partial charge >= 0.3 is 0 Å². The van der Waals surface area contributed by atoms with Gasteiger partial charge in [-0.25, -0.2) is 9.97 Å². The molecule has 2 aromatic heterocycles. The number of Topliss-reactive ketones (excluding diaryl/α,β-unsaturated/α-hetero) is 3. The van der Waals surface area contributed by atoms with Crippen LogP contribution in [0.3, 0.4) is 0 Å². The molecule has 0 aliphatic heterocycles. The fourth-order valence-corrected chi connectivity index (χ4v) is 6.01. The van der Waals surface area contributed by atoms with Crippen LogP contribution in [-0.4, -0.2) is 91.4 Å². The fraction of sp³-hybridized carbons (Fsp3) is 0.513. The summed E-state index contributed by atoms with van der Waals surface area (Å²) in [6, 6.07) is 4.70. The van der Waals surface area contributed by atoms with Gasteiger partial charge < -0.3 is 38.5 Å². The highest BCUT2D eigenvalue weighted by atomic mass is 32.1. The van der Waals surface area contributed by atoms with Gasteiger partial charge in [0.05, 0.1) is 30.5 Å². The van der Waals surface area contributed by atoms with Crippen LogP contribution in [0.25, 0.3) is 11.2 Å². The number of aromatic amines is 1. The van der Waals surface area contributed by atoms with Crippen LogP contribution in [0.1, 0.15) is 95.1 Å². The number of nitrogen functional groups attached to an aromatic ring is 1. The van der Waals surface area contributed by atoms with Crippen LogP contribution in [0.2, 0.25) is 0 Å². The Labute approximate surface area is 347 Å². The van der Waals surface area contributed by atoms with Crippen LogP contribution in [0, 0.1) is 11.8 Å². The average molecular weight is 837 g/mol. The maximum Gasteiger partial charge on any atom is 0.280 e. The fourth-order valence-electron chi connectivity index (χ4n) is 5.86. The predicted molar refractivity (Wildman–Crippen MR) is 227 cm³/mol. The van der Waals surface area contributed by atoms with Crippen molar-refractivity contribution >= 4 is 76.5 Å². The highest BCUT2D eigenvalue weighted by Gasteiger charge is 2.28. The monoisotopic (exact) mass is 836 g/mol. The van der Waals surface area contributed by atoms with E-state index in [1.165, 1.54) is 6.20 Å². The zero-order chi connectivity index (χ0) is 43.6. The van der Waals surface area contributed by atoms with Crippen LogP contribution in [0.5, 0.6) is 0 Å². The van der Waals surface area contributed by atoms with Crippen molar-refractivity contribution in [3.8, 4) is 0 Å².